The summed E-state index contributed by atoms with van der Waals surface area (Å²) in [6.07, 6.45) is 1.13. The molecule has 2 rings (SSSR count). The Morgan fingerprint density at radius 3 is 2.59 bits per heavy atom. The molecule has 0 bridgehead atoms. The van der Waals surface area contributed by atoms with Crippen molar-refractivity contribution >= 4 is 5.97 Å². The Morgan fingerprint density at radius 2 is 1.94 bits per heavy atom. The van der Waals surface area contributed by atoms with E-state index in [0.29, 0.717) is 11.3 Å². The highest BCUT2D eigenvalue weighted by molar-refractivity contribution is 5.73. The molecule has 0 amide bonds. The second kappa shape index (κ2) is 4.65. The normalized spacial score (nSPS) is 10.1. The minimum absolute atomic E-state index is 0.0466. The van der Waals surface area contributed by atoms with Gasteiger partial charge in [-0.1, -0.05) is 30.3 Å². The summed E-state index contributed by atoms with van der Waals surface area (Å²) in [5.74, 6) is -0.896. The highest BCUT2D eigenvalue weighted by Gasteiger charge is 2.08. The number of carboxylic acids is 1. The smallest absolute Gasteiger partial charge is 0.309 e. The Kier molecular flexibility index (Phi) is 3.05. The molecule has 0 saturated heterocycles. The molecule has 4 heteroatoms. The average molecular weight is 229 g/mol. The van der Waals surface area contributed by atoms with Crippen molar-refractivity contribution in [1.29, 1.82) is 0 Å². The number of aromatic nitrogens is 1. The first-order valence-electron chi connectivity index (χ1n) is 5.12. The number of aromatic hydroxyl groups is 1. The lowest BCUT2D eigenvalue weighted by molar-refractivity contribution is -0.136. The van der Waals surface area contributed by atoms with Gasteiger partial charge in [0.05, 0.1) is 18.3 Å². The lowest BCUT2D eigenvalue weighted by Gasteiger charge is -2.06. The maximum absolute atomic E-state index is 10.6. The van der Waals surface area contributed by atoms with Crippen molar-refractivity contribution in [2.45, 2.75) is 6.42 Å². The Morgan fingerprint density at radius 1 is 1.24 bits per heavy atom. The predicted octanol–water partition coefficient (Wildman–Crippen LogP) is 2.08. The third-order valence-electron chi connectivity index (χ3n) is 2.36. The number of benzene rings is 1. The van der Waals surface area contributed by atoms with Crippen molar-refractivity contribution in [2.75, 3.05) is 0 Å². The van der Waals surface area contributed by atoms with Crippen LogP contribution in [0, 0.1) is 0 Å². The van der Waals surface area contributed by atoms with Crippen LogP contribution in [0.5, 0.6) is 5.75 Å². The number of hydrogen-bond donors (Lipinski definition) is 2. The lowest BCUT2D eigenvalue weighted by Crippen LogP contribution is -2.02. The fourth-order valence-electron chi connectivity index (χ4n) is 1.59. The van der Waals surface area contributed by atoms with E-state index in [-0.39, 0.29) is 12.2 Å². The van der Waals surface area contributed by atoms with Gasteiger partial charge in [-0.05, 0) is 11.6 Å². The summed E-state index contributed by atoms with van der Waals surface area (Å²) in [7, 11) is 0. The second-order valence-corrected chi connectivity index (χ2v) is 3.63. The molecule has 0 unspecified atom stereocenters. The molecule has 0 spiro atoms. The van der Waals surface area contributed by atoms with Crippen LogP contribution < -0.4 is 0 Å². The number of pyridine rings is 1. The monoisotopic (exact) mass is 229 g/mol. The van der Waals surface area contributed by atoms with Crippen molar-refractivity contribution in [1.82, 2.24) is 4.98 Å². The molecule has 0 saturated carbocycles. The molecule has 0 aliphatic heterocycles. The van der Waals surface area contributed by atoms with Gasteiger partial charge in [0.25, 0.3) is 0 Å². The van der Waals surface area contributed by atoms with Crippen molar-refractivity contribution in [3.8, 4) is 16.9 Å². The van der Waals surface area contributed by atoms with Crippen molar-refractivity contribution in [3.05, 3.63) is 48.3 Å². The number of hydrogen-bond acceptors (Lipinski definition) is 3. The number of nitrogens with zero attached hydrogens (tertiary/aromatic N) is 1. The molecule has 2 aromatic rings. The van der Waals surface area contributed by atoms with Gasteiger partial charge in [-0.25, -0.2) is 0 Å². The van der Waals surface area contributed by atoms with Crippen molar-refractivity contribution < 1.29 is 15.0 Å². The number of aliphatic carboxylic acids is 1. The maximum atomic E-state index is 10.6. The predicted molar refractivity (Wildman–Crippen MR) is 62.7 cm³/mol. The molecule has 2 N–H and O–H groups in total. The molecular weight excluding hydrogens is 218 g/mol. The molecule has 17 heavy (non-hydrogen) atoms. The summed E-state index contributed by atoms with van der Waals surface area (Å²) in [4.78, 5) is 14.5. The van der Waals surface area contributed by atoms with E-state index in [0.717, 1.165) is 5.56 Å². The highest BCUT2D eigenvalue weighted by atomic mass is 16.4. The fraction of sp³-hybridized carbons (Fsp3) is 0.0769. The minimum atomic E-state index is -0.942. The summed E-state index contributed by atoms with van der Waals surface area (Å²) in [6, 6.07) is 10.9. The molecule has 1 heterocycles. The van der Waals surface area contributed by atoms with Gasteiger partial charge in [-0.3, -0.25) is 9.78 Å². The van der Waals surface area contributed by atoms with Gasteiger partial charge >= 0.3 is 5.97 Å². The molecule has 0 aliphatic rings. The molecule has 0 radical (unpaired) electrons. The molecule has 4 nitrogen and oxygen atoms in total. The Balaban J connectivity index is 2.43. The van der Waals surface area contributed by atoms with Gasteiger partial charge in [0, 0.05) is 5.56 Å². The largest absolute Gasteiger partial charge is 0.506 e. The van der Waals surface area contributed by atoms with Crippen molar-refractivity contribution in [2.24, 2.45) is 0 Å². The van der Waals surface area contributed by atoms with E-state index in [1.807, 2.05) is 30.3 Å². The van der Waals surface area contributed by atoms with Gasteiger partial charge in [0.2, 0.25) is 0 Å². The van der Waals surface area contributed by atoms with Crippen LogP contribution in [0.2, 0.25) is 0 Å². The second-order valence-electron chi connectivity index (χ2n) is 3.63. The summed E-state index contributed by atoms with van der Waals surface area (Å²) < 4.78 is 0. The van der Waals surface area contributed by atoms with Gasteiger partial charge in [-0.15, -0.1) is 0 Å². The van der Waals surface area contributed by atoms with Gasteiger partial charge < -0.3 is 10.2 Å². The standard InChI is InChI=1S/C13H11NO3/c15-12-8-14-10(7-13(16)17)6-11(12)9-4-2-1-3-5-9/h1-6,8,15H,7H2,(H,16,17). The molecule has 86 valence electrons. The molecule has 0 fully saturated rings. The number of rotatable bonds is 3. The summed E-state index contributed by atoms with van der Waals surface area (Å²) in [6.45, 7) is 0. The van der Waals surface area contributed by atoms with E-state index in [9.17, 15) is 9.90 Å². The molecule has 0 atom stereocenters. The van der Waals surface area contributed by atoms with Crippen molar-refractivity contribution in [3.63, 3.8) is 0 Å². The van der Waals surface area contributed by atoms with Gasteiger partial charge in [0.15, 0.2) is 0 Å². The Labute approximate surface area is 98.2 Å². The topological polar surface area (TPSA) is 70.4 Å². The molecule has 1 aromatic heterocycles. The Hall–Kier alpha value is -2.36. The van der Waals surface area contributed by atoms with Crippen LogP contribution in [-0.2, 0) is 11.2 Å². The highest BCUT2D eigenvalue weighted by Crippen LogP contribution is 2.28. The first kappa shape index (κ1) is 11.1. The van der Waals surface area contributed by atoms with Crippen LogP contribution in [0.3, 0.4) is 0 Å². The van der Waals surface area contributed by atoms with Crippen LogP contribution in [0.1, 0.15) is 5.69 Å². The zero-order valence-electron chi connectivity index (χ0n) is 9.00. The van der Waals surface area contributed by atoms with E-state index in [1.165, 1.54) is 6.20 Å². The molecule has 0 aliphatic carbocycles. The fourth-order valence-corrected chi connectivity index (χ4v) is 1.59. The summed E-state index contributed by atoms with van der Waals surface area (Å²) in [5.41, 5.74) is 1.85. The summed E-state index contributed by atoms with van der Waals surface area (Å²) >= 11 is 0. The first-order valence-corrected chi connectivity index (χ1v) is 5.12. The number of carbonyl (C=O) groups is 1. The van der Waals surface area contributed by atoms with E-state index in [1.54, 1.807) is 6.07 Å². The summed E-state index contributed by atoms with van der Waals surface area (Å²) in [5, 5.41) is 18.4. The minimum Gasteiger partial charge on any atom is -0.506 e. The van der Waals surface area contributed by atoms with Gasteiger partial charge in [-0.2, -0.15) is 0 Å². The molecular formula is C13H11NO3. The Bertz CT molecular complexity index is 538. The van der Waals surface area contributed by atoms with E-state index >= 15 is 0 Å². The first-order chi connectivity index (χ1) is 8.16. The quantitative estimate of drug-likeness (QED) is 0.845. The zero-order chi connectivity index (χ0) is 12.3. The van der Waals surface area contributed by atoms with E-state index < -0.39 is 5.97 Å². The third-order valence-corrected chi connectivity index (χ3v) is 2.36. The lowest BCUT2D eigenvalue weighted by atomic mass is 10.0. The van der Waals surface area contributed by atoms with Crippen LogP contribution in [0.15, 0.2) is 42.6 Å². The maximum Gasteiger partial charge on any atom is 0.309 e. The SMILES string of the molecule is O=C(O)Cc1cc(-c2ccccc2)c(O)cn1. The number of carboxylic acid groups (broad SMARTS) is 1. The van der Waals surface area contributed by atoms with Crippen LogP contribution >= 0.6 is 0 Å². The van der Waals surface area contributed by atoms with Crippen LogP contribution in [0.25, 0.3) is 11.1 Å². The molecule has 1 aromatic carbocycles. The zero-order valence-corrected chi connectivity index (χ0v) is 9.00. The van der Waals surface area contributed by atoms with Crippen LogP contribution in [-0.4, -0.2) is 21.2 Å². The van der Waals surface area contributed by atoms with Crippen LogP contribution in [0.4, 0.5) is 0 Å². The van der Waals surface area contributed by atoms with E-state index in [4.69, 9.17) is 5.11 Å². The third kappa shape index (κ3) is 2.60. The van der Waals surface area contributed by atoms with E-state index in [2.05, 4.69) is 4.98 Å². The average Bonchev–Trinajstić information content (AvgIpc) is 2.32. The van der Waals surface area contributed by atoms with Gasteiger partial charge in [0.1, 0.15) is 5.75 Å².